The molecule has 0 bridgehead atoms. The van der Waals surface area contributed by atoms with Crippen molar-refractivity contribution in [2.45, 2.75) is 45.3 Å². The fourth-order valence-corrected chi connectivity index (χ4v) is 2.07. The van der Waals surface area contributed by atoms with Crippen molar-refractivity contribution in [3.05, 3.63) is 35.1 Å². The van der Waals surface area contributed by atoms with Crippen molar-refractivity contribution in [2.75, 3.05) is 6.54 Å². The van der Waals surface area contributed by atoms with E-state index in [1.165, 1.54) is 17.0 Å². The summed E-state index contributed by atoms with van der Waals surface area (Å²) in [5.41, 5.74) is -0.628. The van der Waals surface area contributed by atoms with E-state index in [4.69, 9.17) is 10.00 Å². The summed E-state index contributed by atoms with van der Waals surface area (Å²) in [6.45, 7) is 5.11. The summed E-state index contributed by atoms with van der Waals surface area (Å²) in [5, 5.41) is 8.71. The lowest BCUT2D eigenvalue weighted by atomic mass is 10.1. The zero-order valence-corrected chi connectivity index (χ0v) is 13.4. The second-order valence-electron chi connectivity index (χ2n) is 6.57. The van der Waals surface area contributed by atoms with Gasteiger partial charge >= 0.3 is 6.09 Å². The van der Waals surface area contributed by atoms with E-state index in [0.717, 1.165) is 18.9 Å². The molecule has 5 nitrogen and oxygen atoms in total. The van der Waals surface area contributed by atoms with Gasteiger partial charge < -0.3 is 4.74 Å². The van der Waals surface area contributed by atoms with Gasteiger partial charge in [0.15, 0.2) is 5.78 Å². The Labute approximate surface area is 134 Å². The van der Waals surface area contributed by atoms with Crippen LogP contribution in [0.4, 0.5) is 9.18 Å². The third-order valence-corrected chi connectivity index (χ3v) is 3.34. The van der Waals surface area contributed by atoms with Crippen LogP contribution in [0.2, 0.25) is 0 Å². The molecule has 0 unspecified atom stereocenters. The second-order valence-corrected chi connectivity index (χ2v) is 6.57. The minimum atomic E-state index is -0.742. The molecule has 1 aromatic rings. The molecule has 23 heavy (non-hydrogen) atoms. The second kappa shape index (κ2) is 6.37. The van der Waals surface area contributed by atoms with Crippen molar-refractivity contribution in [2.24, 2.45) is 0 Å². The maximum Gasteiger partial charge on any atom is 0.410 e. The van der Waals surface area contributed by atoms with Gasteiger partial charge in [-0.25, -0.2) is 9.18 Å². The van der Waals surface area contributed by atoms with Crippen LogP contribution in [0.1, 0.15) is 49.5 Å². The van der Waals surface area contributed by atoms with Crippen LogP contribution in [0.25, 0.3) is 0 Å². The summed E-state index contributed by atoms with van der Waals surface area (Å²) < 4.78 is 18.9. The van der Waals surface area contributed by atoms with Crippen molar-refractivity contribution in [1.29, 1.82) is 5.26 Å². The predicted octanol–water partition coefficient (Wildman–Crippen LogP) is 3.28. The van der Waals surface area contributed by atoms with Crippen LogP contribution < -0.4 is 0 Å². The number of amides is 1. The molecule has 6 heteroatoms. The van der Waals surface area contributed by atoms with Crippen molar-refractivity contribution in [3.8, 4) is 6.07 Å². The number of benzene rings is 1. The Hall–Kier alpha value is -2.42. The molecular formula is C17H19FN2O3. The first kappa shape index (κ1) is 16.9. The number of halogens is 1. The van der Waals surface area contributed by atoms with Crippen LogP contribution in [-0.4, -0.2) is 35.0 Å². The third kappa shape index (κ3) is 4.52. The molecule has 0 aromatic heterocycles. The van der Waals surface area contributed by atoms with Gasteiger partial charge in [-0.05, 0) is 51.8 Å². The summed E-state index contributed by atoms with van der Waals surface area (Å²) in [6, 6.07) is 5.38. The SMILES string of the molecule is CC(C)(C)OC(=O)N(CC(=O)c1ccc(C#N)c(F)c1)C1CC1. The van der Waals surface area contributed by atoms with Crippen LogP contribution in [0.5, 0.6) is 0 Å². The number of hydrogen-bond donors (Lipinski definition) is 0. The molecule has 122 valence electrons. The Morgan fingerprint density at radius 1 is 1.39 bits per heavy atom. The van der Waals surface area contributed by atoms with Gasteiger partial charge in [-0.15, -0.1) is 0 Å². The van der Waals surface area contributed by atoms with E-state index >= 15 is 0 Å². The van der Waals surface area contributed by atoms with E-state index in [9.17, 15) is 14.0 Å². The lowest BCUT2D eigenvalue weighted by Crippen LogP contribution is -2.41. The van der Waals surface area contributed by atoms with E-state index in [-0.39, 0.29) is 29.5 Å². The molecule has 1 saturated carbocycles. The summed E-state index contributed by atoms with van der Waals surface area (Å²) in [6.07, 6.45) is 1.12. The Morgan fingerprint density at radius 3 is 2.52 bits per heavy atom. The van der Waals surface area contributed by atoms with Crippen molar-refractivity contribution >= 4 is 11.9 Å². The van der Waals surface area contributed by atoms with Gasteiger partial charge in [-0.3, -0.25) is 9.69 Å². The maximum absolute atomic E-state index is 13.6. The fraction of sp³-hybridized carbons (Fsp3) is 0.471. The zero-order chi connectivity index (χ0) is 17.2. The van der Waals surface area contributed by atoms with Gasteiger partial charge in [0.2, 0.25) is 0 Å². The van der Waals surface area contributed by atoms with Crippen molar-refractivity contribution in [3.63, 3.8) is 0 Å². The number of hydrogen-bond acceptors (Lipinski definition) is 4. The van der Waals surface area contributed by atoms with Crippen LogP contribution in [-0.2, 0) is 4.74 Å². The molecule has 0 atom stereocenters. The third-order valence-electron chi connectivity index (χ3n) is 3.34. The Kier molecular flexibility index (Phi) is 4.69. The van der Waals surface area contributed by atoms with Crippen molar-refractivity contribution in [1.82, 2.24) is 4.90 Å². The van der Waals surface area contributed by atoms with Gasteiger partial charge in [-0.1, -0.05) is 0 Å². The highest BCUT2D eigenvalue weighted by molar-refractivity contribution is 5.99. The van der Waals surface area contributed by atoms with Crippen molar-refractivity contribution < 1.29 is 18.7 Å². The van der Waals surface area contributed by atoms with E-state index < -0.39 is 17.5 Å². The maximum atomic E-state index is 13.6. The molecule has 1 aliphatic rings. The molecule has 0 N–H and O–H groups in total. The monoisotopic (exact) mass is 318 g/mol. The van der Waals surface area contributed by atoms with E-state index in [0.29, 0.717) is 0 Å². The van der Waals surface area contributed by atoms with E-state index in [1.807, 2.05) is 0 Å². The molecule has 1 fully saturated rings. The summed E-state index contributed by atoms with van der Waals surface area (Å²) in [7, 11) is 0. The number of ether oxygens (including phenoxy) is 1. The standard InChI is InChI=1S/C17H19FN2O3/c1-17(2,3)23-16(22)20(13-6-7-13)10-15(21)11-4-5-12(9-19)14(18)8-11/h4-5,8,13H,6-7,10H2,1-3H3. The highest BCUT2D eigenvalue weighted by Gasteiger charge is 2.36. The highest BCUT2D eigenvalue weighted by Crippen LogP contribution is 2.28. The average Bonchev–Trinajstić information content (AvgIpc) is 3.26. The number of ketones is 1. The number of nitriles is 1. The topological polar surface area (TPSA) is 70.4 Å². The molecule has 0 spiro atoms. The minimum absolute atomic E-state index is 0.00275. The fourth-order valence-electron chi connectivity index (χ4n) is 2.07. The Balaban J connectivity index is 2.11. The van der Waals surface area contributed by atoms with Crippen LogP contribution in [0.3, 0.4) is 0 Å². The molecule has 0 aliphatic heterocycles. The molecule has 0 saturated heterocycles. The smallest absolute Gasteiger partial charge is 0.410 e. The molecule has 1 aromatic carbocycles. The number of Topliss-reactive ketones (excluding diaryl/α,β-unsaturated/α-hetero) is 1. The quantitative estimate of drug-likeness (QED) is 0.799. The Bertz CT molecular complexity index is 669. The number of carbonyl (C=O) groups is 2. The van der Waals surface area contributed by atoms with Gasteiger partial charge in [-0.2, -0.15) is 5.26 Å². The predicted molar refractivity (Wildman–Crippen MR) is 81.4 cm³/mol. The number of carbonyl (C=O) groups excluding carboxylic acids is 2. The van der Waals surface area contributed by atoms with Gasteiger partial charge in [0.25, 0.3) is 0 Å². The average molecular weight is 318 g/mol. The lowest BCUT2D eigenvalue weighted by molar-refractivity contribution is 0.0232. The van der Waals surface area contributed by atoms with Gasteiger partial charge in [0.1, 0.15) is 17.5 Å². The van der Waals surface area contributed by atoms with Gasteiger partial charge in [0, 0.05) is 11.6 Å². The van der Waals surface area contributed by atoms with E-state index in [2.05, 4.69) is 0 Å². The Morgan fingerprint density at radius 2 is 2.04 bits per heavy atom. The largest absolute Gasteiger partial charge is 0.444 e. The molecule has 1 aliphatic carbocycles. The first-order valence-corrected chi connectivity index (χ1v) is 7.44. The molecular weight excluding hydrogens is 299 g/mol. The first-order valence-electron chi connectivity index (χ1n) is 7.44. The molecule has 0 heterocycles. The van der Waals surface area contributed by atoms with Gasteiger partial charge in [0.05, 0.1) is 12.1 Å². The molecule has 2 rings (SSSR count). The zero-order valence-electron chi connectivity index (χ0n) is 13.4. The van der Waals surface area contributed by atoms with E-state index in [1.54, 1.807) is 26.8 Å². The lowest BCUT2D eigenvalue weighted by Gasteiger charge is -2.27. The molecule has 1 amide bonds. The summed E-state index contributed by atoms with van der Waals surface area (Å²) >= 11 is 0. The van der Waals surface area contributed by atoms with Crippen LogP contribution in [0, 0.1) is 17.1 Å². The summed E-state index contributed by atoms with van der Waals surface area (Å²) in [5.74, 6) is -1.13. The number of rotatable bonds is 4. The number of nitrogens with zero attached hydrogens (tertiary/aromatic N) is 2. The molecule has 0 radical (unpaired) electrons. The first-order chi connectivity index (χ1) is 10.7. The van der Waals surface area contributed by atoms with Crippen LogP contribution >= 0.6 is 0 Å². The minimum Gasteiger partial charge on any atom is -0.444 e. The highest BCUT2D eigenvalue weighted by atomic mass is 19.1. The normalized spacial score (nSPS) is 14.0. The summed E-state index contributed by atoms with van der Waals surface area (Å²) in [4.78, 5) is 25.9. The van der Waals surface area contributed by atoms with Crippen LogP contribution in [0.15, 0.2) is 18.2 Å².